The molecule has 1 heterocycles. The molecule has 16 heavy (non-hydrogen) atoms. The predicted molar refractivity (Wildman–Crippen MR) is 64.3 cm³/mol. The van der Waals surface area contributed by atoms with E-state index in [1.54, 1.807) is 11.6 Å². The zero-order valence-corrected chi connectivity index (χ0v) is 10.7. The lowest BCUT2D eigenvalue weighted by atomic mass is 10.3. The zero-order valence-electron chi connectivity index (χ0n) is 9.10. The van der Waals surface area contributed by atoms with E-state index in [-0.39, 0.29) is 11.0 Å². The predicted octanol–water partition coefficient (Wildman–Crippen LogP) is 0.698. The van der Waals surface area contributed by atoms with E-state index in [1.165, 1.54) is 0 Å². The molecule has 0 aliphatic carbocycles. The molecule has 2 N–H and O–H groups in total. The van der Waals surface area contributed by atoms with Crippen LogP contribution in [0.4, 0.5) is 0 Å². The summed E-state index contributed by atoms with van der Waals surface area (Å²) in [5, 5.41) is 13.6. The molecule has 0 radical (unpaired) electrons. The van der Waals surface area contributed by atoms with Crippen LogP contribution in [-0.2, 0) is 17.3 Å². The van der Waals surface area contributed by atoms with Crippen LogP contribution in [0.25, 0.3) is 0 Å². The van der Waals surface area contributed by atoms with Crippen LogP contribution in [-0.4, -0.2) is 38.3 Å². The van der Waals surface area contributed by atoms with Gasteiger partial charge in [-0.2, -0.15) is 0 Å². The SMILES string of the molecule is CC(CS(C)=O)NCc1csc(C(=O)O)n1. The van der Waals surface area contributed by atoms with E-state index in [4.69, 9.17) is 5.11 Å². The Kier molecular flexibility index (Phi) is 5.04. The Hall–Kier alpha value is -0.790. The molecule has 2 atom stereocenters. The van der Waals surface area contributed by atoms with Gasteiger partial charge in [-0.25, -0.2) is 9.78 Å². The number of aromatic nitrogens is 1. The Labute approximate surface area is 100 Å². The molecule has 0 aliphatic heterocycles. The Morgan fingerprint density at radius 1 is 1.75 bits per heavy atom. The highest BCUT2D eigenvalue weighted by molar-refractivity contribution is 7.84. The lowest BCUT2D eigenvalue weighted by Gasteiger charge is -2.10. The summed E-state index contributed by atoms with van der Waals surface area (Å²) in [6, 6.07) is 0.126. The van der Waals surface area contributed by atoms with Crippen LogP contribution in [0.5, 0.6) is 0 Å². The van der Waals surface area contributed by atoms with Gasteiger partial charge in [0.25, 0.3) is 0 Å². The molecule has 0 saturated heterocycles. The van der Waals surface area contributed by atoms with Gasteiger partial charge in [0.1, 0.15) is 0 Å². The smallest absolute Gasteiger partial charge is 0.365 e. The van der Waals surface area contributed by atoms with E-state index in [9.17, 15) is 9.00 Å². The Morgan fingerprint density at radius 2 is 2.44 bits per heavy atom. The quantitative estimate of drug-likeness (QED) is 0.789. The van der Waals surface area contributed by atoms with E-state index in [2.05, 4.69) is 10.3 Å². The monoisotopic (exact) mass is 262 g/mol. The number of rotatable bonds is 6. The molecule has 0 amide bonds. The topological polar surface area (TPSA) is 79.3 Å². The van der Waals surface area contributed by atoms with Crippen LogP contribution in [0.1, 0.15) is 22.4 Å². The fourth-order valence-corrected chi connectivity index (χ4v) is 2.65. The minimum absolute atomic E-state index is 0.100. The summed E-state index contributed by atoms with van der Waals surface area (Å²) in [7, 11) is -0.830. The van der Waals surface area contributed by atoms with Crippen molar-refractivity contribution in [3.05, 3.63) is 16.1 Å². The number of carbonyl (C=O) groups is 1. The third-order valence-corrected chi connectivity index (χ3v) is 3.70. The summed E-state index contributed by atoms with van der Waals surface area (Å²) < 4.78 is 10.9. The van der Waals surface area contributed by atoms with Crippen molar-refractivity contribution in [3.8, 4) is 0 Å². The van der Waals surface area contributed by atoms with Crippen molar-refractivity contribution in [2.45, 2.75) is 19.5 Å². The van der Waals surface area contributed by atoms with Crippen molar-refractivity contribution in [3.63, 3.8) is 0 Å². The molecule has 0 fully saturated rings. The van der Waals surface area contributed by atoms with Gasteiger partial charge in [0.05, 0.1) is 5.69 Å². The van der Waals surface area contributed by atoms with Crippen LogP contribution in [0.3, 0.4) is 0 Å². The normalized spacial score (nSPS) is 14.6. The number of thiazole rings is 1. The lowest BCUT2D eigenvalue weighted by molar-refractivity contribution is 0.0696. The van der Waals surface area contributed by atoms with Crippen molar-refractivity contribution in [2.24, 2.45) is 0 Å². The first-order chi connectivity index (χ1) is 7.49. The molecule has 0 aromatic carbocycles. The van der Waals surface area contributed by atoms with Crippen LogP contribution in [0, 0.1) is 0 Å². The highest BCUT2D eigenvalue weighted by atomic mass is 32.2. The molecule has 2 unspecified atom stereocenters. The lowest BCUT2D eigenvalue weighted by Crippen LogP contribution is -2.30. The van der Waals surface area contributed by atoms with Crippen molar-refractivity contribution >= 4 is 28.1 Å². The van der Waals surface area contributed by atoms with Crippen molar-refractivity contribution in [2.75, 3.05) is 12.0 Å². The highest BCUT2D eigenvalue weighted by Gasteiger charge is 2.10. The number of nitrogens with zero attached hydrogens (tertiary/aromatic N) is 1. The molecule has 5 nitrogen and oxygen atoms in total. The van der Waals surface area contributed by atoms with Gasteiger partial charge in [0.15, 0.2) is 0 Å². The highest BCUT2D eigenvalue weighted by Crippen LogP contribution is 2.09. The summed E-state index contributed by atoms with van der Waals surface area (Å²) in [6.45, 7) is 2.44. The average Bonchev–Trinajstić information content (AvgIpc) is 2.61. The number of aromatic carboxylic acids is 1. The van der Waals surface area contributed by atoms with Gasteiger partial charge >= 0.3 is 5.97 Å². The first-order valence-electron chi connectivity index (χ1n) is 4.70. The van der Waals surface area contributed by atoms with Crippen LogP contribution >= 0.6 is 11.3 Å². The first-order valence-corrected chi connectivity index (χ1v) is 7.31. The number of carboxylic acids is 1. The molecule has 1 rings (SSSR count). The van der Waals surface area contributed by atoms with Crippen LogP contribution in [0.2, 0.25) is 0 Å². The summed E-state index contributed by atoms with van der Waals surface area (Å²) in [4.78, 5) is 14.5. The molecule has 0 bridgehead atoms. The molecule has 7 heteroatoms. The maximum Gasteiger partial charge on any atom is 0.365 e. The Balaban J connectivity index is 2.42. The molecule has 0 saturated carbocycles. The van der Waals surface area contributed by atoms with Gasteiger partial charge < -0.3 is 10.4 Å². The minimum Gasteiger partial charge on any atom is -0.476 e. The summed E-state index contributed by atoms with van der Waals surface area (Å²) in [6.07, 6.45) is 1.66. The fraction of sp³-hybridized carbons (Fsp3) is 0.556. The number of carboxylic acid groups (broad SMARTS) is 1. The third kappa shape index (κ3) is 4.38. The number of nitrogens with one attached hydrogen (secondary N) is 1. The van der Waals surface area contributed by atoms with Gasteiger partial charge in [-0.1, -0.05) is 0 Å². The minimum atomic E-state index is -1.00. The zero-order chi connectivity index (χ0) is 12.1. The third-order valence-electron chi connectivity index (χ3n) is 1.85. The van der Waals surface area contributed by atoms with Gasteiger partial charge in [0, 0.05) is 40.8 Å². The van der Waals surface area contributed by atoms with Gasteiger partial charge in [-0.3, -0.25) is 4.21 Å². The first kappa shape index (κ1) is 13.3. The van der Waals surface area contributed by atoms with E-state index in [1.807, 2.05) is 6.92 Å². The van der Waals surface area contributed by atoms with Crippen molar-refractivity contribution in [1.82, 2.24) is 10.3 Å². The molecule has 1 aromatic heterocycles. The standard InChI is InChI=1S/C9H14N2O3S2/c1-6(5-16(2)14)10-3-7-4-15-8(11-7)9(12)13/h4,6,10H,3,5H2,1-2H3,(H,12,13). The van der Waals surface area contributed by atoms with Gasteiger partial charge in [-0.05, 0) is 6.92 Å². The Morgan fingerprint density at radius 3 is 2.94 bits per heavy atom. The van der Waals surface area contributed by atoms with E-state index < -0.39 is 16.8 Å². The summed E-state index contributed by atoms with van der Waals surface area (Å²) in [5.41, 5.74) is 0.705. The number of hydrogen-bond acceptors (Lipinski definition) is 5. The van der Waals surface area contributed by atoms with Crippen LogP contribution in [0.15, 0.2) is 5.38 Å². The van der Waals surface area contributed by atoms with E-state index in [0.717, 1.165) is 11.3 Å². The average molecular weight is 262 g/mol. The van der Waals surface area contributed by atoms with E-state index in [0.29, 0.717) is 18.0 Å². The van der Waals surface area contributed by atoms with Gasteiger partial charge in [-0.15, -0.1) is 11.3 Å². The molecule has 0 aliphatic rings. The maximum atomic E-state index is 10.9. The molecule has 0 spiro atoms. The van der Waals surface area contributed by atoms with E-state index >= 15 is 0 Å². The van der Waals surface area contributed by atoms with Gasteiger partial charge in [0.2, 0.25) is 5.01 Å². The number of hydrogen-bond donors (Lipinski definition) is 2. The van der Waals surface area contributed by atoms with Crippen LogP contribution < -0.4 is 5.32 Å². The summed E-state index contributed by atoms with van der Waals surface area (Å²) in [5.74, 6) is -0.422. The largest absolute Gasteiger partial charge is 0.476 e. The second-order valence-corrected chi connectivity index (χ2v) is 5.81. The summed E-state index contributed by atoms with van der Waals surface area (Å²) >= 11 is 1.11. The Bertz CT molecular complexity index is 392. The molecule has 90 valence electrons. The second-order valence-electron chi connectivity index (χ2n) is 3.47. The maximum absolute atomic E-state index is 10.9. The second kappa shape index (κ2) is 6.07. The molecular weight excluding hydrogens is 248 g/mol. The molecular formula is C9H14N2O3S2. The fourth-order valence-electron chi connectivity index (χ4n) is 1.18. The molecule has 1 aromatic rings. The van der Waals surface area contributed by atoms with Crippen molar-refractivity contribution in [1.29, 1.82) is 0 Å². The van der Waals surface area contributed by atoms with Crippen molar-refractivity contribution < 1.29 is 14.1 Å².